The molecule has 4 nitrogen and oxygen atoms in total. The highest BCUT2D eigenvalue weighted by atomic mass is 19.1. The highest BCUT2D eigenvalue weighted by Crippen LogP contribution is 2.18. The van der Waals surface area contributed by atoms with Crippen LogP contribution in [0.3, 0.4) is 0 Å². The maximum Gasteiger partial charge on any atom is 0.330 e. The highest BCUT2D eigenvalue weighted by molar-refractivity contribution is 6.02. The van der Waals surface area contributed by atoms with Gasteiger partial charge in [0.1, 0.15) is 5.82 Å². The molecule has 1 aliphatic rings. The average Bonchev–Trinajstić information content (AvgIpc) is 2.63. The number of likely N-dealkylation sites (tertiary alicyclic amines) is 1. The predicted octanol–water partition coefficient (Wildman–Crippen LogP) is 2.78. The molecule has 0 atom stereocenters. The molecule has 0 unspecified atom stereocenters. The number of anilines is 1. The zero-order valence-corrected chi connectivity index (χ0v) is 10.9. The van der Waals surface area contributed by atoms with Crippen LogP contribution in [0.1, 0.15) is 25.7 Å². The fraction of sp³-hybridized carbons (Fsp3) is 0.429. The zero-order chi connectivity index (χ0) is 13.8. The number of hydrogen-bond acceptors (Lipinski definition) is 2. The first-order valence-corrected chi connectivity index (χ1v) is 6.43. The molecule has 1 heterocycles. The van der Waals surface area contributed by atoms with E-state index >= 15 is 0 Å². The van der Waals surface area contributed by atoms with E-state index in [2.05, 4.69) is 0 Å². The van der Waals surface area contributed by atoms with Crippen LogP contribution in [0.25, 0.3) is 0 Å². The first-order chi connectivity index (χ1) is 9.09. The van der Waals surface area contributed by atoms with E-state index in [-0.39, 0.29) is 17.8 Å². The molecule has 0 N–H and O–H groups in total. The van der Waals surface area contributed by atoms with Crippen LogP contribution in [0.15, 0.2) is 24.3 Å². The fourth-order valence-corrected chi connectivity index (χ4v) is 2.14. The van der Waals surface area contributed by atoms with Crippen molar-refractivity contribution < 1.29 is 14.0 Å². The smallest absolute Gasteiger partial charge is 0.297 e. The van der Waals surface area contributed by atoms with Crippen LogP contribution >= 0.6 is 0 Å². The molecule has 1 aromatic carbocycles. The first-order valence-electron chi connectivity index (χ1n) is 6.43. The monoisotopic (exact) mass is 264 g/mol. The predicted molar refractivity (Wildman–Crippen MR) is 70.4 cm³/mol. The number of nitrogens with zero attached hydrogens (tertiary/aromatic N) is 2. The molecule has 1 saturated heterocycles. The summed E-state index contributed by atoms with van der Waals surface area (Å²) < 4.78 is 12.9. The summed E-state index contributed by atoms with van der Waals surface area (Å²) in [4.78, 5) is 26.8. The summed E-state index contributed by atoms with van der Waals surface area (Å²) in [6.07, 6.45) is 3.07. The molecule has 0 aromatic heterocycles. The number of rotatable bonds is 1. The van der Waals surface area contributed by atoms with Gasteiger partial charge in [0.05, 0.1) is 0 Å². The third kappa shape index (κ3) is 3.10. The van der Waals surface area contributed by atoms with Crippen molar-refractivity contribution in [3.05, 3.63) is 30.1 Å². The van der Waals surface area contributed by atoms with Gasteiger partial charge in [-0.25, -0.2) is 9.18 Å². The Morgan fingerprint density at radius 2 is 1.89 bits per heavy atom. The topological polar surface area (TPSA) is 40.6 Å². The van der Waals surface area contributed by atoms with Crippen LogP contribution in [0.4, 0.5) is 14.9 Å². The largest absolute Gasteiger partial charge is 0.330 e. The lowest BCUT2D eigenvalue weighted by molar-refractivity contribution is -0.127. The molecular formula is C14H17FN2O2. The number of halogens is 1. The van der Waals surface area contributed by atoms with Crippen LogP contribution in [0.5, 0.6) is 0 Å². The molecular weight excluding hydrogens is 247 g/mol. The van der Waals surface area contributed by atoms with Gasteiger partial charge in [-0.2, -0.15) is 0 Å². The second kappa shape index (κ2) is 5.82. The van der Waals surface area contributed by atoms with Gasteiger partial charge in [-0.1, -0.05) is 6.42 Å². The van der Waals surface area contributed by atoms with Gasteiger partial charge < -0.3 is 0 Å². The van der Waals surface area contributed by atoms with Crippen LogP contribution in [-0.4, -0.2) is 30.4 Å². The lowest BCUT2D eigenvalue weighted by atomic mass is 10.2. The Bertz CT molecular complexity index is 473. The Morgan fingerprint density at radius 1 is 1.21 bits per heavy atom. The minimum absolute atomic E-state index is 0.128. The zero-order valence-electron chi connectivity index (χ0n) is 10.9. The maximum atomic E-state index is 12.9. The van der Waals surface area contributed by atoms with Gasteiger partial charge >= 0.3 is 6.03 Å². The molecule has 0 aliphatic carbocycles. The molecule has 0 spiro atoms. The number of urea groups is 1. The molecule has 19 heavy (non-hydrogen) atoms. The SMILES string of the molecule is CN(C(=O)N1CCCCCC1=O)c1ccc(F)cc1. The van der Waals surface area contributed by atoms with Crippen molar-refractivity contribution >= 4 is 17.6 Å². The summed E-state index contributed by atoms with van der Waals surface area (Å²) in [7, 11) is 1.59. The Labute approximate surface area is 111 Å². The van der Waals surface area contributed by atoms with Crippen molar-refractivity contribution in [2.45, 2.75) is 25.7 Å². The van der Waals surface area contributed by atoms with Crippen LogP contribution in [-0.2, 0) is 4.79 Å². The average molecular weight is 264 g/mol. The summed E-state index contributed by atoms with van der Waals surface area (Å²) >= 11 is 0. The third-order valence-electron chi connectivity index (χ3n) is 3.31. The van der Waals surface area contributed by atoms with E-state index in [9.17, 15) is 14.0 Å². The van der Waals surface area contributed by atoms with Crippen LogP contribution < -0.4 is 4.90 Å². The Morgan fingerprint density at radius 3 is 2.58 bits per heavy atom. The molecule has 2 rings (SSSR count). The van der Waals surface area contributed by atoms with E-state index in [1.165, 1.54) is 34.1 Å². The van der Waals surface area contributed by atoms with Crippen molar-refractivity contribution in [1.29, 1.82) is 0 Å². The number of amides is 3. The lowest BCUT2D eigenvalue weighted by Gasteiger charge is -2.25. The fourth-order valence-electron chi connectivity index (χ4n) is 2.14. The molecule has 5 heteroatoms. The molecule has 1 aliphatic heterocycles. The van der Waals surface area contributed by atoms with Crippen LogP contribution in [0.2, 0.25) is 0 Å². The Kier molecular flexibility index (Phi) is 4.14. The molecule has 1 aromatic rings. The van der Waals surface area contributed by atoms with E-state index in [1.807, 2.05) is 0 Å². The van der Waals surface area contributed by atoms with Gasteiger partial charge in [0.2, 0.25) is 5.91 Å². The highest BCUT2D eigenvalue weighted by Gasteiger charge is 2.26. The Hall–Kier alpha value is -1.91. The minimum Gasteiger partial charge on any atom is -0.297 e. The molecule has 0 saturated carbocycles. The third-order valence-corrected chi connectivity index (χ3v) is 3.31. The molecule has 0 bridgehead atoms. The van der Waals surface area contributed by atoms with Crippen molar-refractivity contribution in [2.24, 2.45) is 0 Å². The van der Waals surface area contributed by atoms with Crippen molar-refractivity contribution in [2.75, 3.05) is 18.5 Å². The molecule has 1 fully saturated rings. The van der Waals surface area contributed by atoms with Crippen molar-refractivity contribution in [3.8, 4) is 0 Å². The van der Waals surface area contributed by atoms with Crippen molar-refractivity contribution in [1.82, 2.24) is 4.90 Å². The minimum atomic E-state index is -0.351. The first kappa shape index (κ1) is 13.5. The summed E-state index contributed by atoms with van der Waals surface area (Å²) in [5.41, 5.74) is 0.573. The molecule has 3 amide bonds. The standard InChI is InChI=1S/C14H17FN2O2/c1-16(12-8-6-11(15)7-9-12)14(19)17-10-4-2-3-5-13(17)18/h6-9H,2-5,10H2,1H3. The van der Waals surface area contributed by atoms with E-state index in [1.54, 1.807) is 7.05 Å². The number of hydrogen-bond donors (Lipinski definition) is 0. The van der Waals surface area contributed by atoms with Gasteiger partial charge in [0.15, 0.2) is 0 Å². The Balaban J connectivity index is 2.13. The summed E-state index contributed by atoms with van der Waals surface area (Å²) in [5, 5.41) is 0. The number of carbonyl (C=O) groups excluding carboxylic acids is 2. The van der Waals surface area contributed by atoms with Gasteiger partial charge in [0, 0.05) is 25.7 Å². The van der Waals surface area contributed by atoms with Gasteiger partial charge in [-0.05, 0) is 37.1 Å². The molecule has 0 radical (unpaired) electrons. The van der Waals surface area contributed by atoms with Gasteiger partial charge in [-0.3, -0.25) is 14.6 Å². The van der Waals surface area contributed by atoms with E-state index in [0.717, 1.165) is 19.3 Å². The van der Waals surface area contributed by atoms with Gasteiger partial charge in [0.25, 0.3) is 0 Å². The van der Waals surface area contributed by atoms with Gasteiger partial charge in [-0.15, -0.1) is 0 Å². The van der Waals surface area contributed by atoms with E-state index in [4.69, 9.17) is 0 Å². The normalized spacial score (nSPS) is 16.1. The molecule has 102 valence electrons. The van der Waals surface area contributed by atoms with E-state index < -0.39 is 0 Å². The number of benzene rings is 1. The number of carbonyl (C=O) groups is 2. The second-order valence-electron chi connectivity index (χ2n) is 4.67. The quantitative estimate of drug-likeness (QED) is 0.782. The summed E-state index contributed by atoms with van der Waals surface area (Å²) in [5.74, 6) is -0.480. The van der Waals surface area contributed by atoms with E-state index in [0.29, 0.717) is 18.7 Å². The van der Waals surface area contributed by atoms with Crippen molar-refractivity contribution in [3.63, 3.8) is 0 Å². The number of imide groups is 1. The summed E-state index contributed by atoms with van der Waals surface area (Å²) in [6, 6.07) is 5.29. The second-order valence-corrected chi connectivity index (χ2v) is 4.67. The summed E-state index contributed by atoms with van der Waals surface area (Å²) in [6.45, 7) is 0.462. The lowest BCUT2D eigenvalue weighted by Crippen LogP contribution is -2.44. The maximum absolute atomic E-state index is 12.9. The van der Waals surface area contributed by atoms with Crippen LogP contribution in [0, 0.1) is 5.82 Å².